The number of ether oxygens (including phenoxy) is 1. The lowest BCUT2D eigenvalue weighted by molar-refractivity contribution is -0.136. The molecule has 0 aliphatic carbocycles. The van der Waals surface area contributed by atoms with Crippen molar-refractivity contribution >= 4 is 5.97 Å². The van der Waals surface area contributed by atoms with Crippen LogP contribution in [0.2, 0.25) is 0 Å². The van der Waals surface area contributed by atoms with E-state index in [-0.39, 0.29) is 5.97 Å². The number of rotatable bonds is 19. The zero-order valence-electron chi connectivity index (χ0n) is 19.0. The molecule has 27 heavy (non-hydrogen) atoms. The van der Waals surface area contributed by atoms with Crippen molar-refractivity contribution in [1.82, 2.24) is 0 Å². The van der Waals surface area contributed by atoms with E-state index < -0.39 is 0 Å². The Morgan fingerprint density at radius 1 is 0.778 bits per heavy atom. The SMILES string of the molecule is C=C(CCC(CCCCCCCCCCCCCCC)C(C)C)C(=O)OC. The summed E-state index contributed by atoms with van der Waals surface area (Å²) in [7, 11) is 1.43. The maximum atomic E-state index is 11.5. The van der Waals surface area contributed by atoms with Crippen LogP contribution in [0.5, 0.6) is 0 Å². The summed E-state index contributed by atoms with van der Waals surface area (Å²) >= 11 is 0. The molecule has 1 unspecified atom stereocenters. The van der Waals surface area contributed by atoms with Crippen molar-refractivity contribution in [2.24, 2.45) is 11.8 Å². The average molecular weight is 381 g/mol. The number of hydrogen-bond donors (Lipinski definition) is 0. The third-order valence-corrected chi connectivity index (χ3v) is 5.91. The van der Waals surface area contributed by atoms with E-state index in [1.807, 2.05) is 0 Å². The molecule has 0 aromatic heterocycles. The highest BCUT2D eigenvalue weighted by Gasteiger charge is 2.15. The summed E-state index contributed by atoms with van der Waals surface area (Å²) in [6, 6.07) is 0. The molecule has 0 aromatic carbocycles. The molecule has 0 saturated heterocycles. The second kappa shape index (κ2) is 18.6. The Morgan fingerprint density at radius 2 is 1.22 bits per heavy atom. The van der Waals surface area contributed by atoms with Gasteiger partial charge in [0.15, 0.2) is 0 Å². The molecule has 2 heteroatoms. The minimum atomic E-state index is -0.251. The predicted octanol–water partition coefficient (Wildman–Crippen LogP) is 8.25. The molecule has 0 spiro atoms. The lowest BCUT2D eigenvalue weighted by Gasteiger charge is -2.21. The van der Waals surface area contributed by atoms with Gasteiger partial charge in [-0.1, -0.05) is 117 Å². The highest BCUT2D eigenvalue weighted by atomic mass is 16.5. The molecular formula is C25H48O2. The van der Waals surface area contributed by atoms with E-state index in [0.717, 1.165) is 12.8 Å². The van der Waals surface area contributed by atoms with Gasteiger partial charge in [0.05, 0.1) is 7.11 Å². The quantitative estimate of drug-likeness (QED) is 0.128. The van der Waals surface area contributed by atoms with Gasteiger partial charge in [-0.25, -0.2) is 4.79 Å². The fourth-order valence-corrected chi connectivity index (χ4v) is 3.84. The first-order chi connectivity index (χ1) is 13.0. The first-order valence-electron chi connectivity index (χ1n) is 11.8. The van der Waals surface area contributed by atoms with Crippen LogP contribution < -0.4 is 0 Å². The lowest BCUT2D eigenvalue weighted by Crippen LogP contribution is -2.11. The number of esters is 1. The summed E-state index contributed by atoms with van der Waals surface area (Å²) in [5.41, 5.74) is 0.619. The van der Waals surface area contributed by atoms with Gasteiger partial charge in [-0.05, 0) is 24.7 Å². The molecule has 0 aliphatic heterocycles. The molecule has 0 N–H and O–H groups in total. The Balaban J connectivity index is 3.56. The molecule has 2 nitrogen and oxygen atoms in total. The van der Waals surface area contributed by atoms with Crippen molar-refractivity contribution in [3.8, 4) is 0 Å². The summed E-state index contributed by atoms with van der Waals surface area (Å²) in [4.78, 5) is 11.5. The monoisotopic (exact) mass is 380 g/mol. The van der Waals surface area contributed by atoms with Gasteiger partial charge in [-0.15, -0.1) is 0 Å². The van der Waals surface area contributed by atoms with Crippen LogP contribution in [-0.4, -0.2) is 13.1 Å². The summed E-state index contributed by atoms with van der Waals surface area (Å²) in [5, 5.41) is 0. The van der Waals surface area contributed by atoms with E-state index in [9.17, 15) is 4.79 Å². The van der Waals surface area contributed by atoms with Crippen molar-refractivity contribution in [3.05, 3.63) is 12.2 Å². The second-order valence-electron chi connectivity index (χ2n) is 8.67. The van der Waals surface area contributed by atoms with Gasteiger partial charge in [0.25, 0.3) is 0 Å². The highest BCUT2D eigenvalue weighted by molar-refractivity contribution is 5.87. The molecule has 0 heterocycles. The van der Waals surface area contributed by atoms with Crippen molar-refractivity contribution in [2.45, 2.75) is 124 Å². The van der Waals surface area contributed by atoms with Gasteiger partial charge in [0, 0.05) is 5.57 Å². The largest absolute Gasteiger partial charge is 0.466 e. The van der Waals surface area contributed by atoms with Crippen LogP contribution in [0.25, 0.3) is 0 Å². The minimum Gasteiger partial charge on any atom is -0.466 e. The molecule has 0 aromatic rings. The standard InChI is InChI=1S/C25H48O2/c1-6-7-8-9-10-11-12-13-14-15-16-17-18-19-24(22(2)3)21-20-23(4)25(26)27-5/h22,24H,4,6-21H2,1-3,5H3. The van der Waals surface area contributed by atoms with Crippen LogP contribution in [0.4, 0.5) is 0 Å². The molecule has 1 atom stereocenters. The zero-order valence-corrected chi connectivity index (χ0v) is 19.0. The number of unbranched alkanes of at least 4 members (excludes halogenated alkanes) is 12. The van der Waals surface area contributed by atoms with Crippen LogP contribution in [0.1, 0.15) is 124 Å². The Bertz CT molecular complexity index is 359. The maximum absolute atomic E-state index is 11.5. The Hall–Kier alpha value is -0.790. The lowest BCUT2D eigenvalue weighted by atomic mass is 9.85. The molecule has 0 amide bonds. The van der Waals surface area contributed by atoms with E-state index in [2.05, 4.69) is 27.4 Å². The van der Waals surface area contributed by atoms with Gasteiger partial charge in [-0.3, -0.25) is 0 Å². The average Bonchev–Trinajstić information content (AvgIpc) is 2.66. The van der Waals surface area contributed by atoms with Crippen molar-refractivity contribution in [2.75, 3.05) is 7.11 Å². The van der Waals surface area contributed by atoms with E-state index >= 15 is 0 Å². The molecular weight excluding hydrogens is 332 g/mol. The number of hydrogen-bond acceptors (Lipinski definition) is 2. The number of methoxy groups -OCH3 is 1. The summed E-state index contributed by atoms with van der Waals surface area (Å²) in [6.45, 7) is 10.7. The van der Waals surface area contributed by atoms with Crippen molar-refractivity contribution < 1.29 is 9.53 Å². The molecule has 0 aliphatic rings. The van der Waals surface area contributed by atoms with Gasteiger partial charge < -0.3 is 4.74 Å². The van der Waals surface area contributed by atoms with E-state index in [1.54, 1.807) is 0 Å². The summed E-state index contributed by atoms with van der Waals surface area (Å²) in [6.07, 6.45) is 21.4. The third-order valence-electron chi connectivity index (χ3n) is 5.91. The Kier molecular flexibility index (Phi) is 18.0. The molecule has 0 fully saturated rings. The van der Waals surface area contributed by atoms with Crippen molar-refractivity contribution in [3.63, 3.8) is 0 Å². The minimum absolute atomic E-state index is 0.251. The Labute approximate surface area is 170 Å². The fourth-order valence-electron chi connectivity index (χ4n) is 3.84. The molecule has 0 rings (SSSR count). The summed E-state index contributed by atoms with van der Waals surface area (Å²) < 4.78 is 4.75. The Morgan fingerprint density at radius 3 is 1.63 bits per heavy atom. The third kappa shape index (κ3) is 15.9. The topological polar surface area (TPSA) is 26.3 Å². The number of carbonyl (C=O) groups is 1. The smallest absolute Gasteiger partial charge is 0.333 e. The zero-order chi connectivity index (χ0) is 20.3. The van der Waals surface area contributed by atoms with Crippen LogP contribution in [-0.2, 0) is 9.53 Å². The normalized spacial score (nSPS) is 12.3. The van der Waals surface area contributed by atoms with Crippen LogP contribution in [0.3, 0.4) is 0 Å². The predicted molar refractivity (Wildman–Crippen MR) is 119 cm³/mol. The van der Waals surface area contributed by atoms with Gasteiger partial charge in [0.1, 0.15) is 0 Å². The van der Waals surface area contributed by atoms with E-state index in [0.29, 0.717) is 17.4 Å². The molecule has 160 valence electrons. The first-order valence-corrected chi connectivity index (χ1v) is 11.8. The van der Waals surface area contributed by atoms with Crippen molar-refractivity contribution in [1.29, 1.82) is 0 Å². The van der Waals surface area contributed by atoms with E-state index in [1.165, 1.54) is 97.0 Å². The molecule has 0 bridgehead atoms. The van der Waals surface area contributed by atoms with Gasteiger partial charge >= 0.3 is 5.97 Å². The molecule has 0 radical (unpaired) electrons. The van der Waals surface area contributed by atoms with Crippen LogP contribution in [0, 0.1) is 11.8 Å². The highest BCUT2D eigenvalue weighted by Crippen LogP contribution is 2.26. The van der Waals surface area contributed by atoms with Crippen LogP contribution in [0.15, 0.2) is 12.2 Å². The maximum Gasteiger partial charge on any atom is 0.333 e. The van der Waals surface area contributed by atoms with Crippen LogP contribution >= 0.6 is 0 Å². The van der Waals surface area contributed by atoms with Gasteiger partial charge in [-0.2, -0.15) is 0 Å². The summed E-state index contributed by atoms with van der Waals surface area (Å²) in [5.74, 6) is 1.12. The van der Waals surface area contributed by atoms with E-state index in [4.69, 9.17) is 4.74 Å². The molecule has 0 saturated carbocycles. The second-order valence-corrected chi connectivity index (χ2v) is 8.67. The number of carbonyl (C=O) groups excluding carboxylic acids is 1. The fraction of sp³-hybridized carbons (Fsp3) is 0.880. The first kappa shape index (κ1) is 26.2. The van der Waals surface area contributed by atoms with Gasteiger partial charge in [0.2, 0.25) is 0 Å².